The molecule has 0 aromatic rings. The topological polar surface area (TPSA) is 26.3 Å². The van der Waals surface area contributed by atoms with Crippen molar-refractivity contribution in [2.24, 2.45) is 5.92 Å². The smallest absolute Gasteiger partial charge is 0.305 e. The van der Waals surface area contributed by atoms with Crippen molar-refractivity contribution in [3.63, 3.8) is 0 Å². The summed E-state index contributed by atoms with van der Waals surface area (Å²) in [5.74, 6) is 0.500. The van der Waals surface area contributed by atoms with Crippen molar-refractivity contribution in [1.82, 2.24) is 0 Å². The van der Waals surface area contributed by atoms with Gasteiger partial charge >= 0.3 is 5.97 Å². The molecule has 0 radical (unpaired) electrons. The molecule has 0 fully saturated rings. The Morgan fingerprint density at radius 1 is 1.55 bits per heavy atom. The maximum atomic E-state index is 10.7. The van der Waals surface area contributed by atoms with Crippen molar-refractivity contribution in [2.75, 3.05) is 12.4 Å². The number of carbonyl (C=O) groups excluding carboxylic acids is 1. The molecule has 11 heavy (non-hydrogen) atoms. The van der Waals surface area contributed by atoms with Gasteiger partial charge in [0.2, 0.25) is 0 Å². The zero-order chi connectivity index (χ0) is 8.69. The third-order valence-corrected chi connectivity index (χ3v) is 2.13. The van der Waals surface area contributed by atoms with E-state index in [9.17, 15) is 4.79 Å². The van der Waals surface area contributed by atoms with Crippen LogP contribution in [-0.4, -0.2) is 18.4 Å². The number of methoxy groups -OCH3 is 1. The van der Waals surface area contributed by atoms with Gasteiger partial charge in [-0.25, -0.2) is 0 Å². The molecule has 0 rings (SSSR count). The van der Waals surface area contributed by atoms with Crippen LogP contribution in [-0.2, 0) is 9.53 Å². The number of ether oxygens (including phenoxy) is 1. The van der Waals surface area contributed by atoms with Gasteiger partial charge in [0.1, 0.15) is 0 Å². The molecule has 0 N–H and O–H groups in total. The maximum Gasteiger partial charge on any atom is 0.305 e. The number of halogens is 1. The molecular weight excluding hydrogens is 208 g/mol. The monoisotopic (exact) mass is 222 g/mol. The van der Waals surface area contributed by atoms with Gasteiger partial charge < -0.3 is 4.74 Å². The second kappa shape index (κ2) is 6.65. The highest BCUT2D eigenvalue weighted by molar-refractivity contribution is 9.09. The summed E-state index contributed by atoms with van der Waals surface area (Å²) in [5.41, 5.74) is 0. The standard InChI is InChI=1S/C8H15BrO2/c1-7(5-6-9)3-4-8(10)11-2/h7H,3-6H2,1-2H3. The van der Waals surface area contributed by atoms with Crippen LogP contribution in [0.15, 0.2) is 0 Å². The minimum absolute atomic E-state index is 0.105. The first-order valence-corrected chi connectivity index (χ1v) is 4.95. The van der Waals surface area contributed by atoms with Crippen LogP contribution < -0.4 is 0 Å². The summed E-state index contributed by atoms with van der Waals surface area (Å²) < 4.78 is 4.53. The van der Waals surface area contributed by atoms with Crippen molar-refractivity contribution in [3.8, 4) is 0 Å². The molecule has 0 spiro atoms. The van der Waals surface area contributed by atoms with Crippen molar-refractivity contribution in [1.29, 1.82) is 0 Å². The van der Waals surface area contributed by atoms with E-state index in [1.165, 1.54) is 7.11 Å². The molecule has 3 heteroatoms. The van der Waals surface area contributed by atoms with E-state index in [-0.39, 0.29) is 5.97 Å². The summed E-state index contributed by atoms with van der Waals surface area (Å²) in [6.07, 6.45) is 2.60. The summed E-state index contributed by atoms with van der Waals surface area (Å²) in [6, 6.07) is 0. The number of esters is 1. The molecule has 0 amide bonds. The molecule has 1 atom stereocenters. The Hall–Kier alpha value is -0.0500. The Morgan fingerprint density at radius 2 is 2.18 bits per heavy atom. The zero-order valence-electron chi connectivity index (χ0n) is 7.10. The van der Waals surface area contributed by atoms with E-state index in [0.717, 1.165) is 18.2 Å². The number of carbonyl (C=O) groups is 1. The normalized spacial score (nSPS) is 12.6. The number of rotatable bonds is 5. The van der Waals surface area contributed by atoms with E-state index >= 15 is 0 Å². The van der Waals surface area contributed by atoms with E-state index in [1.807, 2.05) is 0 Å². The maximum absolute atomic E-state index is 10.7. The Balaban J connectivity index is 3.29. The van der Waals surface area contributed by atoms with Crippen LogP contribution in [0.5, 0.6) is 0 Å². The predicted octanol–water partition coefficient (Wildman–Crippen LogP) is 2.36. The number of hydrogen-bond donors (Lipinski definition) is 0. The minimum Gasteiger partial charge on any atom is -0.469 e. The first-order valence-electron chi connectivity index (χ1n) is 3.83. The third-order valence-electron chi connectivity index (χ3n) is 1.67. The number of alkyl halides is 1. The predicted molar refractivity (Wildman–Crippen MR) is 48.8 cm³/mol. The molecule has 0 aromatic carbocycles. The first kappa shape index (κ1) is 11.0. The van der Waals surface area contributed by atoms with Gasteiger partial charge in [-0.1, -0.05) is 22.9 Å². The lowest BCUT2D eigenvalue weighted by Crippen LogP contribution is -2.04. The highest BCUT2D eigenvalue weighted by Crippen LogP contribution is 2.11. The highest BCUT2D eigenvalue weighted by atomic mass is 79.9. The average molecular weight is 223 g/mol. The van der Waals surface area contributed by atoms with Crippen LogP contribution in [0, 0.1) is 5.92 Å². The Bertz CT molecular complexity index is 115. The Kier molecular flexibility index (Phi) is 6.62. The van der Waals surface area contributed by atoms with Crippen LogP contribution >= 0.6 is 15.9 Å². The van der Waals surface area contributed by atoms with Gasteiger partial charge in [-0.05, 0) is 18.8 Å². The summed E-state index contributed by atoms with van der Waals surface area (Å²) in [7, 11) is 1.43. The fraction of sp³-hybridized carbons (Fsp3) is 0.875. The Morgan fingerprint density at radius 3 is 2.64 bits per heavy atom. The van der Waals surface area contributed by atoms with E-state index < -0.39 is 0 Å². The fourth-order valence-corrected chi connectivity index (χ4v) is 1.58. The van der Waals surface area contributed by atoms with Crippen molar-refractivity contribution in [2.45, 2.75) is 26.2 Å². The van der Waals surface area contributed by atoms with Gasteiger partial charge in [0, 0.05) is 11.8 Å². The van der Waals surface area contributed by atoms with Crippen LogP contribution in [0.4, 0.5) is 0 Å². The Labute approximate surface area is 76.4 Å². The first-order chi connectivity index (χ1) is 5.20. The zero-order valence-corrected chi connectivity index (χ0v) is 8.69. The summed E-state index contributed by atoms with van der Waals surface area (Å²) in [6.45, 7) is 2.14. The van der Waals surface area contributed by atoms with Crippen molar-refractivity contribution < 1.29 is 9.53 Å². The lowest BCUT2D eigenvalue weighted by Gasteiger charge is -2.06. The molecule has 0 saturated heterocycles. The quantitative estimate of drug-likeness (QED) is 0.528. The second-order valence-electron chi connectivity index (χ2n) is 2.70. The molecule has 0 aliphatic carbocycles. The highest BCUT2D eigenvalue weighted by Gasteiger charge is 2.05. The van der Waals surface area contributed by atoms with Gasteiger partial charge in [-0.3, -0.25) is 4.79 Å². The van der Waals surface area contributed by atoms with Crippen molar-refractivity contribution >= 4 is 21.9 Å². The molecule has 66 valence electrons. The molecule has 0 aromatic heterocycles. The lowest BCUT2D eigenvalue weighted by atomic mass is 10.0. The molecule has 1 unspecified atom stereocenters. The fourth-order valence-electron chi connectivity index (χ4n) is 0.797. The average Bonchev–Trinajstić information content (AvgIpc) is 2.01. The van der Waals surface area contributed by atoms with Gasteiger partial charge in [0.25, 0.3) is 0 Å². The molecule has 0 bridgehead atoms. The third kappa shape index (κ3) is 6.35. The van der Waals surface area contributed by atoms with E-state index in [2.05, 4.69) is 27.6 Å². The van der Waals surface area contributed by atoms with Gasteiger partial charge in [-0.15, -0.1) is 0 Å². The lowest BCUT2D eigenvalue weighted by molar-refractivity contribution is -0.140. The van der Waals surface area contributed by atoms with Gasteiger partial charge in [-0.2, -0.15) is 0 Å². The SMILES string of the molecule is COC(=O)CCC(C)CCBr. The van der Waals surface area contributed by atoms with Crippen LogP contribution in [0.3, 0.4) is 0 Å². The number of hydrogen-bond acceptors (Lipinski definition) is 2. The minimum atomic E-state index is -0.105. The molecule has 0 heterocycles. The van der Waals surface area contributed by atoms with E-state index in [4.69, 9.17) is 0 Å². The van der Waals surface area contributed by atoms with E-state index in [0.29, 0.717) is 12.3 Å². The van der Waals surface area contributed by atoms with E-state index in [1.54, 1.807) is 0 Å². The molecule has 0 aliphatic rings. The van der Waals surface area contributed by atoms with Crippen LogP contribution in [0.25, 0.3) is 0 Å². The van der Waals surface area contributed by atoms with Gasteiger partial charge in [0.05, 0.1) is 7.11 Å². The largest absolute Gasteiger partial charge is 0.469 e. The van der Waals surface area contributed by atoms with Crippen LogP contribution in [0.2, 0.25) is 0 Å². The molecular formula is C8H15BrO2. The molecule has 2 nitrogen and oxygen atoms in total. The molecule has 0 aliphatic heterocycles. The van der Waals surface area contributed by atoms with Crippen molar-refractivity contribution in [3.05, 3.63) is 0 Å². The second-order valence-corrected chi connectivity index (χ2v) is 3.49. The summed E-state index contributed by atoms with van der Waals surface area (Å²) in [4.78, 5) is 10.7. The summed E-state index contributed by atoms with van der Waals surface area (Å²) in [5, 5.41) is 1.01. The van der Waals surface area contributed by atoms with Crippen LogP contribution in [0.1, 0.15) is 26.2 Å². The molecule has 0 saturated carbocycles. The summed E-state index contributed by atoms with van der Waals surface area (Å²) >= 11 is 3.36. The van der Waals surface area contributed by atoms with Gasteiger partial charge in [0.15, 0.2) is 0 Å².